The number of imidazole rings is 1. The monoisotopic (exact) mass is 455 g/mol. The first-order valence-electron chi connectivity index (χ1n) is 9.41. The van der Waals surface area contributed by atoms with Crippen molar-refractivity contribution in [2.24, 2.45) is 0 Å². The van der Waals surface area contributed by atoms with E-state index in [4.69, 9.17) is 5.26 Å². The Morgan fingerprint density at radius 3 is 2.48 bits per heavy atom. The molecule has 166 valence electrons. The highest BCUT2D eigenvalue weighted by atomic mass is 19.4. The van der Waals surface area contributed by atoms with Gasteiger partial charge in [-0.2, -0.15) is 18.4 Å². The number of anilines is 1. The number of rotatable bonds is 3. The summed E-state index contributed by atoms with van der Waals surface area (Å²) in [5.41, 5.74) is -4.45. The fourth-order valence-corrected chi connectivity index (χ4v) is 3.45. The zero-order chi connectivity index (χ0) is 23.9. The van der Waals surface area contributed by atoms with Crippen LogP contribution in [0.3, 0.4) is 0 Å². The van der Waals surface area contributed by atoms with Gasteiger partial charge in [-0.1, -0.05) is 36.4 Å². The summed E-state index contributed by atoms with van der Waals surface area (Å²) in [6.45, 7) is 1.33. The van der Waals surface area contributed by atoms with Gasteiger partial charge in [0.15, 0.2) is 5.69 Å². The number of aromatic amines is 1. The number of aromatic nitrogens is 3. The van der Waals surface area contributed by atoms with E-state index in [0.29, 0.717) is 0 Å². The van der Waals surface area contributed by atoms with E-state index < -0.39 is 45.8 Å². The van der Waals surface area contributed by atoms with Crippen LogP contribution in [0.4, 0.5) is 23.2 Å². The third kappa shape index (κ3) is 3.71. The second-order valence-corrected chi connectivity index (χ2v) is 7.00. The van der Waals surface area contributed by atoms with Crippen LogP contribution < -0.4 is 10.7 Å². The molecule has 2 aromatic carbocycles. The summed E-state index contributed by atoms with van der Waals surface area (Å²) in [5.74, 6) is -1.91. The Bertz CT molecular complexity index is 1500. The van der Waals surface area contributed by atoms with E-state index in [1.807, 2.05) is 0 Å². The van der Waals surface area contributed by atoms with Crippen LogP contribution in [0.25, 0.3) is 16.9 Å². The van der Waals surface area contributed by atoms with Gasteiger partial charge in [0, 0.05) is 11.3 Å². The van der Waals surface area contributed by atoms with E-state index in [-0.39, 0.29) is 22.6 Å². The normalized spacial score (nSPS) is 11.4. The molecule has 0 saturated carbocycles. The molecular weight excluding hydrogens is 442 g/mol. The molecule has 2 N–H and O–H groups in total. The first-order chi connectivity index (χ1) is 15.6. The Morgan fingerprint density at radius 2 is 1.85 bits per heavy atom. The average molecular weight is 455 g/mol. The minimum absolute atomic E-state index is 0.0526. The number of H-pyrrole nitrogens is 1. The van der Waals surface area contributed by atoms with E-state index in [2.05, 4.69) is 15.4 Å². The van der Waals surface area contributed by atoms with Crippen LogP contribution in [0.15, 0.2) is 53.3 Å². The zero-order valence-electron chi connectivity index (χ0n) is 16.8. The molecule has 1 amide bonds. The number of hydrogen-bond donors (Lipinski definition) is 2. The number of aryl methyl sites for hydroxylation is 1. The van der Waals surface area contributed by atoms with Crippen molar-refractivity contribution >= 4 is 17.2 Å². The van der Waals surface area contributed by atoms with Gasteiger partial charge in [0.1, 0.15) is 28.7 Å². The Hall–Kier alpha value is -4.46. The Kier molecular flexibility index (Phi) is 5.21. The molecular formula is C22H13F4N5O2. The second-order valence-electron chi connectivity index (χ2n) is 7.00. The van der Waals surface area contributed by atoms with Crippen molar-refractivity contribution in [1.29, 1.82) is 5.26 Å². The third-order valence-corrected chi connectivity index (χ3v) is 4.88. The van der Waals surface area contributed by atoms with Gasteiger partial charge in [0.25, 0.3) is 5.91 Å². The quantitative estimate of drug-likeness (QED) is 0.450. The lowest BCUT2D eigenvalue weighted by Crippen LogP contribution is -2.26. The number of nitrogens with zero attached hydrogens (tertiary/aromatic N) is 3. The molecule has 0 saturated heterocycles. The molecule has 0 atom stereocenters. The Labute approximate surface area is 182 Å². The fourth-order valence-electron chi connectivity index (χ4n) is 3.45. The third-order valence-electron chi connectivity index (χ3n) is 4.88. The molecule has 0 bridgehead atoms. The van der Waals surface area contributed by atoms with Crippen molar-refractivity contribution in [3.8, 4) is 17.3 Å². The number of carbonyl (C=O) groups excluding carboxylic acids is 1. The summed E-state index contributed by atoms with van der Waals surface area (Å²) in [4.78, 5) is 29.4. The summed E-state index contributed by atoms with van der Waals surface area (Å²) in [7, 11) is 0. The molecule has 7 nitrogen and oxygen atoms in total. The number of amides is 1. The topological polar surface area (TPSA) is 103 Å². The molecule has 0 spiro atoms. The maximum absolute atomic E-state index is 13.8. The van der Waals surface area contributed by atoms with Gasteiger partial charge < -0.3 is 5.32 Å². The van der Waals surface area contributed by atoms with Crippen molar-refractivity contribution < 1.29 is 22.4 Å². The molecule has 0 aliphatic carbocycles. The van der Waals surface area contributed by atoms with Crippen LogP contribution in [0.2, 0.25) is 0 Å². The van der Waals surface area contributed by atoms with Gasteiger partial charge in [0.2, 0.25) is 11.1 Å². The highest BCUT2D eigenvalue weighted by Gasteiger charge is 2.39. The number of benzene rings is 2. The Balaban J connectivity index is 1.91. The first-order valence-corrected chi connectivity index (χ1v) is 9.41. The molecule has 2 heterocycles. The zero-order valence-corrected chi connectivity index (χ0v) is 16.8. The van der Waals surface area contributed by atoms with E-state index in [9.17, 15) is 27.2 Å². The van der Waals surface area contributed by atoms with Gasteiger partial charge in [-0.05, 0) is 19.1 Å². The summed E-state index contributed by atoms with van der Waals surface area (Å²) in [6.07, 6.45) is -4.88. The predicted octanol–water partition coefficient (Wildman–Crippen LogP) is 4.28. The molecule has 2 aromatic heterocycles. The van der Waals surface area contributed by atoms with Gasteiger partial charge in [-0.15, -0.1) is 0 Å². The number of fused-ring (bicyclic) bond motifs is 1. The van der Waals surface area contributed by atoms with Crippen molar-refractivity contribution in [1.82, 2.24) is 14.6 Å². The number of nitrogens with one attached hydrogen (secondary N) is 2. The fraction of sp³-hybridized carbons (Fsp3) is 0.0909. The Morgan fingerprint density at radius 1 is 1.15 bits per heavy atom. The lowest BCUT2D eigenvalue weighted by atomic mass is 10.1. The van der Waals surface area contributed by atoms with Crippen LogP contribution in [0, 0.1) is 24.1 Å². The summed E-state index contributed by atoms with van der Waals surface area (Å²) < 4.78 is 55.9. The molecule has 0 unspecified atom stereocenters. The minimum Gasteiger partial charge on any atom is -0.320 e. The predicted molar refractivity (Wildman–Crippen MR) is 110 cm³/mol. The standard InChI is InChI=1S/C22H13F4N5O2/c1-11-16(21(33)28-15-9-5-8-14(23)13(15)10-27)18(32)20-29-19(22(24,25)26)17(31(20)30-11)12-6-3-2-4-7-12/h2-9,30H,1H3,(H,28,33). The van der Waals surface area contributed by atoms with E-state index in [1.165, 1.54) is 43.3 Å². The molecule has 11 heteroatoms. The van der Waals surface area contributed by atoms with Crippen molar-refractivity contribution in [2.75, 3.05) is 5.32 Å². The van der Waals surface area contributed by atoms with E-state index in [1.54, 1.807) is 12.1 Å². The number of alkyl halides is 3. The van der Waals surface area contributed by atoms with Gasteiger partial charge in [-0.25, -0.2) is 13.9 Å². The lowest BCUT2D eigenvalue weighted by molar-refractivity contribution is -0.140. The van der Waals surface area contributed by atoms with Crippen molar-refractivity contribution in [2.45, 2.75) is 13.1 Å². The van der Waals surface area contributed by atoms with Crippen LogP contribution in [0.1, 0.15) is 27.3 Å². The first kappa shape index (κ1) is 21.8. The largest absolute Gasteiger partial charge is 0.435 e. The maximum Gasteiger partial charge on any atom is 0.435 e. The highest BCUT2D eigenvalue weighted by molar-refractivity contribution is 6.06. The summed E-state index contributed by atoms with van der Waals surface area (Å²) in [5, 5.41) is 14.0. The van der Waals surface area contributed by atoms with E-state index >= 15 is 0 Å². The minimum atomic E-state index is -4.88. The molecule has 0 fully saturated rings. The van der Waals surface area contributed by atoms with Gasteiger partial charge in [-0.3, -0.25) is 14.7 Å². The lowest BCUT2D eigenvalue weighted by Gasteiger charge is -2.11. The van der Waals surface area contributed by atoms with E-state index in [0.717, 1.165) is 10.6 Å². The van der Waals surface area contributed by atoms with Crippen LogP contribution in [-0.4, -0.2) is 20.5 Å². The SMILES string of the molecule is Cc1[nH]n2c(-c3ccccc3)c(C(F)(F)F)nc2c(=O)c1C(=O)Nc1cccc(F)c1C#N. The van der Waals surface area contributed by atoms with Crippen LogP contribution in [0.5, 0.6) is 0 Å². The number of nitriles is 1. The van der Waals surface area contributed by atoms with Crippen LogP contribution >= 0.6 is 0 Å². The molecule has 4 aromatic rings. The molecule has 33 heavy (non-hydrogen) atoms. The smallest absolute Gasteiger partial charge is 0.320 e. The molecule has 0 radical (unpaired) electrons. The molecule has 0 aliphatic heterocycles. The summed E-state index contributed by atoms with van der Waals surface area (Å²) >= 11 is 0. The number of hydrogen-bond acceptors (Lipinski definition) is 4. The van der Waals surface area contributed by atoms with Crippen molar-refractivity contribution in [3.63, 3.8) is 0 Å². The summed E-state index contributed by atoms with van der Waals surface area (Å²) in [6, 6.07) is 12.7. The highest BCUT2D eigenvalue weighted by Crippen LogP contribution is 2.36. The van der Waals surface area contributed by atoms with Gasteiger partial charge >= 0.3 is 6.18 Å². The number of carbonyl (C=O) groups is 1. The average Bonchev–Trinajstić information content (AvgIpc) is 3.15. The van der Waals surface area contributed by atoms with Gasteiger partial charge in [0.05, 0.1) is 5.69 Å². The molecule has 4 rings (SSSR count). The van der Waals surface area contributed by atoms with Crippen molar-refractivity contribution in [3.05, 3.63) is 87.1 Å². The number of halogens is 4. The maximum atomic E-state index is 13.8. The second kappa shape index (κ2) is 7.90. The molecule has 0 aliphatic rings. The van der Waals surface area contributed by atoms with Crippen LogP contribution in [-0.2, 0) is 6.18 Å².